The number of hydrogen-bond donors (Lipinski definition) is 1. The fourth-order valence-corrected chi connectivity index (χ4v) is 2.63. The molecule has 1 aliphatic rings. The van der Waals surface area contributed by atoms with Gasteiger partial charge in [0.15, 0.2) is 0 Å². The van der Waals surface area contributed by atoms with Gasteiger partial charge in [-0.1, -0.05) is 6.92 Å². The summed E-state index contributed by atoms with van der Waals surface area (Å²) in [6.07, 6.45) is 1.21. The third kappa shape index (κ3) is 4.74. The molecule has 13 heavy (non-hydrogen) atoms. The Morgan fingerprint density at radius 1 is 1.38 bits per heavy atom. The predicted octanol–water partition coefficient (Wildman–Crippen LogP) is 0.0503. The van der Waals surface area contributed by atoms with Gasteiger partial charge >= 0.3 is 0 Å². The van der Waals surface area contributed by atoms with E-state index in [1.54, 1.807) is 0 Å². The average molecular weight is 204 g/mol. The van der Waals surface area contributed by atoms with E-state index in [0.29, 0.717) is 0 Å². The number of rotatable bonds is 5. The van der Waals surface area contributed by atoms with E-state index in [9.17, 15) is 4.21 Å². The van der Waals surface area contributed by atoms with E-state index < -0.39 is 10.8 Å². The van der Waals surface area contributed by atoms with Gasteiger partial charge in [-0.3, -0.25) is 4.21 Å². The van der Waals surface area contributed by atoms with Crippen LogP contribution in [0.3, 0.4) is 0 Å². The number of nitrogens with one attached hydrogen (secondary N) is 1. The van der Waals surface area contributed by atoms with Crippen LogP contribution in [0.15, 0.2) is 0 Å². The highest BCUT2D eigenvalue weighted by molar-refractivity contribution is 7.85. The fraction of sp³-hybridized carbons (Fsp3) is 1.00. The smallest absolute Gasteiger partial charge is 0.0363 e. The first-order valence-corrected chi connectivity index (χ1v) is 6.59. The SMILES string of the molecule is CCNCCCN1CCS(=O)CC1. The minimum absolute atomic E-state index is 0.527. The van der Waals surface area contributed by atoms with Crippen LogP contribution in [0.1, 0.15) is 13.3 Å². The van der Waals surface area contributed by atoms with Crippen LogP contribution in [0.5, 0.6) is 0 Å². The van der Waals surface area contributed by atoms with Crippen LogP contribution in [0.2, 0.25) is 0 Å². The molecule has 3 nitrogen and oxygen atoms in total. The minimum atomic E-state index is -0.527. The summed E-state index contributed by atoms with van der Waals surface area (Å²) in [5.74, 6) is 1.75. The maximum atomic E-state index is 11.1. The molecule has 0 unspecified atom stereocenters. The first-order chi connectivity index (χ1) is 6.33. The van der Waals surface area contributed by atoms with Crippen molar-refractivity contribution < 1.29 is 4.21 Å². The van der Waals surface area contributed by atoms with Crippen molar-refractivity contribution in [2.75, 3.05) is 44.2 Å². The van der Waals surface area contributed by atoms with Crippen LogP contribution in [-0.2, 0) is 10.8 Å². The van der Waals surface area contributed by atoms with Gasteiger partial charge in [-0.25, -0.2) is 0 Å². The molecule has 0 aromatic carbocycles. The molecule has 4 heteroatoms. The highest BCUT2D eigenvalue weighted by atomic mass is 32.2. The molecule has 0 atom stereocenters. The van der Waals surface area contributed by atoms with Crippen molar-refractivity contribution in [2.24, 2.45) is 0 Å². The molecule has 1 aliphatic heterocycles. The van der Waals surface area contributed by atoms with Crippen LogP contribution in [0, 0.1) is 0 Å². The molecule has 0 bridgehead atoms. The molecule has 1 fully saturated rings. The number of nitrogens with zero attached hydrogens (tertiary/aromatic N) is 1. The second-order valence-electron chi connectivity index (χ2n) is 3.40. The molecule has 78 valence electrons. The monoisotopic (exact) mass is 204 g/mol. The van der Waals surface area contributed by atoms with Gasteiger partial charge in [0, 0.05) is 35.4 Å². The van der Waals surface area contributed by atoms with E-state index in [2.05, 4.69) is 17.1 Å². The molecule has 0 aromatic rings. The van der Waals surface area contributed by atoms with Crippen LogP contribution in [0.4, 0.5) is 0 Å². The Morgan fingerprint density at radius 2 is 2.08 bits per heavy atom. The third-order valence-corrected chi connectivity index (χ3v) is 3.62. The van der Waals surface area contributed by atoms with Crippen LogP contribution >= 0.6 is 0 Å². The third-order valence-electron chi connectivity index (χ3n) is 2.35. The second-order valence-corrected chi connectivity index (χ2v) is 5.09. The van der Waals surface area contributed by atoms with Crippen molar-refractivity contribution in [2.45, 2.75) is 13.3 Å². The molecule has 0 aromatic heterocycles. The Morgan fingerprint density at radius 3 is 2.69 bits per heavy atom. The highest BCUT2D eigenvalue weighted by Gasteiger charge is 2.13. The van der Waals surface area contributed by atoms with E-state index in [0.717, 1.165) is 44.2 Å². The van der Waals surface area contributed by atoms with Gasteiger partial charge in [-0.2, -0.15) is 0 Å². The normalized spacial score (nSPS) is 20.7. The molecule has 1 rings (SSSR count). The Bertz CT molecular complexity index is 154. The average Bonchev–Trinajstić information content (AvgIpc) is 2.15. The number of hydrogen-bond acceptors (Lipinski definition) is 3. The van der Waals surface area contributed by atoms with Gasteiger partial charge < -0.3 is 10.2 Å². The summed E-state index contributed by atoms with van der Waals surface area (Å²) < 4.78 is 11.1. The lowest BCUT2D eigenvalue weighted by Gasteiger charge is -2.25. The molecule has 0 radical (unpaired) electrons. The first-order valence-electron chi connectivity index (χ1n) is 5.11. The summed E-state index contributed by atoms with van der Waals surface area (Å²) >= 11 is 0. The Hall–Kier alpha value is 0.0700. The van der Waals surface area contributed by atoms with Crippen LogP contribution in [-0.4, -0.2) is 53.3 Å². The molecule has 0 spiro atoms. The summed E-state index contributed by atoms with van der Waals surface area (Å²) in [4.78, 5) is 2.42. The molecule has 1 heterocycles. The van der Waals surface area contributed by atoms with Crippen molar-refractivity contribution in [3.8, 4) is 0 Å². The lowest BCUT2D eigenvalue weighted by molar-refractivity contribution is 0.294. The Labute approximate surface area is 83.3 Å². The molecule has 0 amide bonds. The highest BCUT2D eigenvalue weighted by Crippen LogP contribution is 2.00. The standard InChI is InChI=1S/C9H20N2OS/c1-2-10-4-3-5-11-6-8-13(12)9-7-11/h10H,2-9H2,1H3. The molecule has 1 saturated heterocycles. The zero-order chi connectivity index (χ0) is 9.52. The van der Waals surface area contributed by atoms with Crippen molar-refractivity contribution >= 4 is 10.8 Å². The quantitative estimate of drug-likeness (QED) is 0.642. The minimum Gasteiger partial charge on any atom is -0.317 e. The van der Waals surface area contributed by atoms with Crippen molar-refractivity contribution in [1.29, 1.82) is 0 Å². The summed E-state index contributed by atoms with van der Waals surface area (Å²) in [7, 11) is -0.527. The summed E-state index contributed by atoms with van der Waals surface area (Å²) in [5, 5.41) is 3.31. The first kappa shape index (κ1) is 11.1. The fourth-order valence-electron chi connectivity index (χ4n) is 1.50. The topological polar surface area (TPSA) is 32.3 Å². The second kappa shape index (κ2) is 6.51. The van der Waals surface area contributed by atoms with Gasteiger partial charge in [-0.05, 0) is 26.1 Å². The zero-order valence-electron chi connectivity index (χ0n) is 8.42. The van der Waals surface area contributed by atoms with Gasteiger partial charge in [0.1, 0.15) is 0 Å². The molecular formula is C9H20N2OS. The largest absolute Gasteiger partial charge is 0.317 e. The van der Waals surface area contributed by atoms with Gasteiger partial charge in [0.2, 0.25) is 0 Å². The molecule has 0 saturated carbocycles. The molecule has 0 aliphatic carbocycles. The van der Waals surface area contributed by atoms with Gasteiger partial charge in [-0.15, -0.1) is 0 Å². The van der Waals surface area contributed by atoms with Gasteiger partial charge in [0.25, 0.3) is 0 Å². The molecular weight excluding hydrogens is 184 g/mol. The molecule has 1 N–H and O–H groups in total. The van der Waals surface area contributed by atoms with E-state index in [1.165, 1.54) is 6.42 Å². The van der Waals surface area contributed by atoms with Crippen molar-refractivity contribution in [1.82, 2.24) is 10.2 Å². The van der Waals surface area contributed by atoms with Crippen LogP contribution in [0.25, 0.3) is 0 Å². The predicted molar refractivity (Wildman–Crippen MR) is 57.5 cm³/mol. The lowest BCUT2D eigenvalue weighted by atomic mass is 10.3. The van der Waals surface area contributed by atoms with E-state index >= 15 is 0 Å². The zero-order valence-corrected chi connectivity index (χ0v) is 9.24. The van der Waals surface area contributed by atoms with E-state index in [4.69, 9.17) is 0 Å². The van der Waals surface area contributed by atoms with E-state index in [1.807, 2.05) is 0 Å². The van der Waals surface area contributed by atoms with Gasteiger partial charge in [0.05, 0.1) is 0 Å². The summed E-state index contributed by atoms with van der Waals surface area (Å²) in [6.45, 7) is 7.51. The Kier molecular flexibility index (Phi) is 5.58. The van der Waals surface area contributed by atoms with Crippen LogP contribution < -0.4 is 5.32 Å². The Balaban J connectivity index is 1.99. The lowest BCUT2D eigenvalue weighted by Crippen LogP contribution is -2.39. The maximum Gasteiger partial charge on any atom is 0.0363 e. The van der Waals surface area contributed by atoms with E-state index in [-0.39, 0.29) is 0 Å². The van der Waals surface area contributed by atoms with Crippen molar-refractivity contribution in [3.63, 3.8) is 0 Å². The summed E-state index contributed by atoms with van der Waals surface area (Å²) in [5.41, 5.74) is 0. The maximum absolute atomic E-state index is 11.1. The van der Waals surface area contributed by atoms with Crippen molar-refractivity contribution in [3.05, 3.63) is 0 Å². The summed E-state index contributed by atoms with van der Waals surface area (Å²) in [6, 6.07) is 0.